The first-order valence-corrected chi connectivity index (χ1v) is 5.02. The molecule has 7 N–H and O–H groups in total. The van der Waals surface area contributed by atoms with E-state index in [1.165, 1.54) is 0 Å². The van der Waals surface area contributed by atoms with E-state index in [1.807, 2.05) is 0 Å². The van der Waals surface area contributed by atoms with Crippen molar-refractivity contribution in [1.29, 1.82) is 0 Å². The molecule has 0 atom stereocenters. The summed E-state index contributed by atoms with van der Waals surface area (Å²) >= 11 is -2.61. The predicted octanol–water partition coefficient (Wildman–Crippen LogP) is 0.531. The molecule has 0 saturated heterocycles. The molecule has 0 aromatic heterocycles. The van der Waals surface area contributed by atoms with Crippen LogP contribution in [0, 0.1) is 0 Å². The Bertz CT molecular complexity index is 241. The standard InChI is InChI=1S/C6H8N2.C2H6O.H2O3S/c7-5-1-2-6(8)4-3-5;1-2-3;1-4(2)3/h1-4H,7-8H2;3H,2H2,1H3;(H2,1,2,3). The van der Waals surface area contributed by atoms with Crippen LogP contribution in [0.3, 0.4) is 0 Å². The molecule has 1 aromatic carbocycles. The van der Waals surface area contributed by atoms with Gasteiger partial charge in [-0.25, -0.2) is 0 Å². The summed E-state index contributed by atoms with van der Waals surface area (Å²) in [6, 6.07) is 7.09. The van der Waals surface area contributed by atoms with Gasteiger partial charge >= 0.3 is 0 Å². The second-order valence-electron chi connectivity index (χ2n) is 2.21. The van der Waals surface area contributed by atoms with Crippen LogP contribution in [0.2, 0.25) is 0 Å². The van der Waals surface area contributed by atoms with E-state index in [4.69, 9.17) is 29.9 Å². The summed E-state index contributed by atoms with van der Waals surface area (Å²) in [5.74, 6) is 0. The van der Waals surface area contributed by atoms with Crippen LogP contribution in [0.15, 0.2) is 24.3 Å². The zero-order chi connectivity index (χ0) is 12.3. The van der Waals surface area contributed by atoms with E-state index < -0.39 is 11.4 Å². The molecule has 0 radical (unpaired) electrons. The first kappa shape index (κ1) is 16.3. The van der Waals surface area contributed by atoms with Crippen molar-refractivity contribution in [2.24, 2.45) is 0 Å². The van der Waals surface area contributed by atoms with Gasteiger partial charge < -0.3 is 16.6 Å². The maximum Gasteiger partial charge on any atom is 0.299 e. The van der Waals surface area contributed by atoms with E-state index in [0.717, 1.165) is 11.4 Å². The fraction of sp³-hybridized carbons (Fsp3) is 0.250. The van der Waals surface area contributed by atoms with Crippen LogP contribution >= 0.6 is 0 Å². The van der Waals surface area contributed by atoms with Crippen LogP contribution in [0.25, 0.3) is 0 Å². The SMILES string of the molecule is CCO.Nc1ccc(N)cc1.O=S(O)O. The first-order chi connectivity index (χ1) is 6.93. The molecular formula is C8H16N2O4S. The van der Waals surface area contributed by atoms with Gasteiger partial charge in [-0.2, -0.15) is 4.21 Å². The molecule has 0 saturated carbocycles. The van der Waals surface area contributed by atoms with Gasteiger partial charge in [0, 0.05) is 18.0 Å². The topological polar surface area (TPSA) is 130 Å². The molecule has 0 aliphatic rings. The van der Waals surface area contributed by atoms with Crippen LogP contribution < -0.4 is 11.5 Å². The highest BCUT2D eigenvalue weighted by Crippen LogP contribution is 2.04. The number of nitrogen functional groups attached to an aromatic ring is 2. The van der Waals surface area contributed by atoms with Crippen molar-refractivity contribution in [3.63, 3.8) is 0 Å². The van der Waals surface area contributed by atoms with E-state index in [2.05, 4.69) is 0 Å². The van der Waals surface area contributed by atoms with Crippen LogP contribution in [-0.4, -0.2) is 25.0 Å². The molecule has 88 valence electrons. The van der Waals surface area contributed by atoms with Gasteiger partial charge in [-0.05, 0) is 31.2 Å². The average Bonchev–Trinajstić information content (AvgIpc) is 2.10. The highest BCUT2D eigenvalue weighted by molar-refractivity contribution is 7.73. The third kappa shape index (κ3) is 19.3. The van der Waals surface area contributed by atoms with Gasteiger partial charge in [-0.1, -0.05) is 0 Å². The zero-order valence-corrected chi connectivity index (χ0v) is 9.15. The first-order valence-electron chi connectivity index (χ1n) is 3.95. The monoisotopic (exact) mass is 236 g/mol. The van der Waals surface area contributed by atoms with Crippen molar-refractivity contribution in [3.05, 3.63) is 24.3 Å². The maximum absolute atomic E-state index is 8.67. The summed E-state index contributed by atoms with van der Waals surface area (Å²) in [4.78, 5) is 0. The lowest BCUT2D eigenvalue weighted by atomic mass is 10.3. The quantitative estimate of drug-likeness (QED) is 0.330. The summed E-state index contributed by atoms with van der Waals surface area (Å²) in [6.07, 6.45) is 0. The number of anilines is 2. The molecule has 6 nitrogen and oxygen atoms in total. The summed E-state index contributed by atoms with van der Waals surface area (Å²) in [5, 5.41) is 7.57. The van der Waals surface area contributed by atoms with Crippen LogP contribution in [0.1, 0.15) is 6.92 Å². The van der Waals surface area contributed by atoms with E-state index in [1.54, 1.807) is 31.2 Å². The number of hydrogen-bond acceptors (Lipinski definition) is 4. The molecule has 0 bridgehead atoms. The molecule has 1 aromatic rings. The Morgan fingerprint density at radius 3 is 1.40 bits per heavy atom. The van der Waals surface area contributed by atoms with Gasteiger partial charge in [0.2, 0.25) is 0 Å². The molecule has 0 aliphatic heterocycles. The van der Waals surface area contributed by atoms with Crippen LogP contribution in [-0.2, 0) is 11.4 Å². The van der Waals surface area contributed by atoms with Gasteiger partial charge in [-0.3, -0.25) is 9.11 Å². The summed E-state index contributed by atoms with van der Waals surface area (Å²) in [7, 11) is 0. The van der Waals surface area contributed by atoms with E-state index >= 15 is 0 Å². The fourth-order valence-corrected chi connectivity index (χ4v) is 0.496. The van der Waals surface area contributed by atoms with Gasteiger partial charge in [-0.15, -0.1) is 0 Å². The number of benzene rings is 1. The summed E-state index contributed by atoms with van der Waals surface area (Å²) in [6.45, 7) is 1.93. The lowest BCUT2D eigenvalue weighted by Gasteiger charge is -1.90. The van der Waals surface area contributed by atoms with Crippen molar-refractivity contribution < 1.29 is 18.4 Å². The molecule has 1 rings (SSSR count). The van der Waals surface area contributed by atoms with E-state index in [0.29, 0.717) is 0 Å². The predicted molar refractivity (Wildman–Crippen MR) is 61.4 cm³/mol. The Kier molecular flexibility index (Phi) is 11.9. The molecule has 15 heavy (non-hydrogen) atoms. The van der Waals surface area contributed by atoms with E-state index in [-0.39, 0.29) is 6.61 Å². The number of aliphatic hydroxyl groups excluding tert-OH is 1. The van der Waals surface area contributed by atoms with Gasteiger partial charge in [0.15, 0.2) is 0 Å². The Balaban J connectivity index is 0. The lowest BCUT2D eigenvalue weighted by Crippen LogP contribution is -1.86. The smallest absolute Gasteiger partial charge is 0.299 e. The molecule has 7 heteroatoms. The fourth-order valence-electron chi connectivity index (χ4n) is 0.496. The highest BCUT2D eigenvalue weighted by atomic mass is 32.2. The minimum Gasteiger partial charge on any atom is -0.399 e. The van der Waals surface area contributed by atoms with Gasteiger partial charge in [0.25, 0.3) is 11.4 Å². The lowest BCUT2D eigenvalue weighted by molar-refractivity contribution is 0.318. The van der Waals surface area contributed by atoms with Crippen LogP contribution in [0.5, 0.6) is 0 Å². The summed E-state index contributed by atoms with van der Waals surface area (Å²) in [5.41, 5.74) is 12.2. The Labute approximate surface area is 91.0 Å². The molecule has 0 fully saturated rings. The zero-order valence-electron chi connectivity index (χ0n) is 8.33. The molecule has 0 unspecified atom stereocenters. The Hall–Kier alpha value is -1.15. The van der Waals surface area contributed by atoms with Crippen molar-refractivity contribution >= 4 is 22.7 Å². The number of nitrogens with two attached hydrogens (primary N) is 2. The minimum atomic E-state index is -2.61. The largest absolute Gasteiger partial charge is 0.399 e. The maximum atomic E-state index is 8.67. The third-order valence-electron chi connectivity index (χ3n) is 0.936. The normalized spacial score (nSPS) is 8.33. The molecule has 0 amide bonds. The van der Waals surface area contributed by atoms with Crippen molar-refractivity contribution in [3.8, 4) is 0 Å². The molecule has 0 aliphatic carbocycles. The van der Waals surface area contributed by atoms with E-state index in [9.17, 15) is 0 Å². The number of rotatable bonds is 0. The van der Waals surface area contributed by atoms with Crippen molar-refractivity contribution in [2.45, 2.75) is 6.92 Å². The average molecular weight is 236 g/mol. The molecular weight excluding hydrogens is 220 g/mol. The molecule has 0 spiro atoms. The second-order valence-corrected chi connectivity index (χ2v) is 2.68. The third-order valence-corrected chi connectivity index (χ3v) is 0.936. The molecule has 0 heterocycles. The van der Waals surface area contributed by atoms with Crippen molar-refractivity contribution in [1.82, 2.24) is 0 Å². The summed E-state index contributed by atoms with van der Waals surface area (Å²) < 4.78 is 22.8. The van der Waals surface area contributed by atoms with Crippen molar-refractivity contribution in [2.75, 3.05) is 18.1 Å². The van der Waals surface area contributed by atoms with Gasteiger partial charge in [0.05, 0.1) is 0 Å². The van der Waals surface area contributed by atoms with Gasteiger partial charge in [0.1, 0.15) is 0 Å². The Morgan fingerprint density at radius 2 is 1.27 bits per heavy atom. The Morgan fingerprint density at radius 1 is 1.13 bits per heavy atom. The highest BCUT2D eigenvalue weighted by Gasteiger charge is 1.80. The number of hydrogen-bond donors (Lipinski definition) is 5. The number of aliphatic hydroxyl groups is 1. The second kappa shape index (κ2) is 10.9. The van der Waals surface area contributed by atoms with Crippen LogP contribution in [0.4, 0.5) is 11.4 Å². The minimum absolute atomic E-state index is 0.250.